The van der Waals surface area contributed by atoms with Crippen molar-refractivity contribution in [2.45, 2.75) is 19.3 Å². The van der Waals surface area contributed by atoms with E-state index >= 15 is 0 Å². The predicted molar refractivity (Wildman–Crippen MR) is 43.0 cm³/mol. The normalized spacial score (nSPS) is 7.33. The molecule has 0 N–H and O–H groups in total. The van der Waals surface area contributed by atoms with Crippen LogP contribution in [0.4, 0.5) is 0 Å². The maximum absolute atomic E-state index is 7.90. The Morgan fingerprint density at radius 3 is 1.67 bits per heavy atom. The average Bonchev–Trinajstić information content (AvgIpc) is 2.03. The minimum absolute atomic E-state index is 0. The molecule has 0 aliphatic heterocycles. The van der Waals surface area contributed by atoms with Crippen LogP contribution in [0.1, 0.15) is 20.7 Å². The summed E-state index contributed by atoms with van der Waals surface area (Å²) in [5.41, 5.74) is 15.8. The van der Waals surface area contributed by atoms with E-state index in [2.05, 4.69) is 20.1 Å². The van der Waals surface area contributed by atoms with Gasteiger partial charge in [-0.15, -0.1) is 0 Å². The third-order valence-corrected chi connectivity index (χ3v) is 1.14. The molecule has 0 aliphatic rings. The third-order valence-electron chi connectivity index (χ3n) is 1.14. The monoisotopic (exact) mass is 178 g/mol. The molecule has 0 heterocycles. The average molecular weight is 178 g/mol. The topological polar surface area (TPSA) is 97.5 Å². The smallest absolute Gasteiger partial charge is 1.00 e. The standard InChI is InChI=1S/C5H10N6.Na.H/c6-10-8-4-2-1-3-5-9-11-7;;/h1-5H2;;/q;+1;-1. The number of azide groups is 2. The fourth-order valence-electron chi connectivity index (χ4n) is 0.631. The Bertz CT molecular complexity index is 165. The molecule has 0 saturated carbocycles. The second kappa shape index (κ2) is 13.2. The van der Waals surface area contributed by atoms with Gasteiger partial charge in [-0.05, 0) is 23.9 Å². The summed E-state index contributed by atoms with van der Waals surface area (Å²) >= 11 is 0. The van der Waals surface area contributed by atoms with E-state index in [9.17, 15) is 0 Å². The summed E-state index contributed by atoms with van der Waals surface area (Å²) in [7, 11) is 0. The van der Waals surface area contributed by atoms with Gasteiger partial charge < -0.3 is 1.43 Å². The summed E-state index contributed by atoms with van der Waals surface area (Å²) < 4.78 is 0. The predicted octanol–water partition coefficient (Wildman–Crippen LogP) is -0.106. The molecular weight excluding hydrogens is 167 g/mol. The van der Waals surface area contributed by atoms with Crippen molar-refractivity contribution in [2.24, 2.45) is 10.2 Å². The van der Waals surface area contributed by atoms with Crippen LogP contribution in [-0.2, 0) is 0 Å². The van der Waals surface area contributed by atoms with Crippen molar-refractivity contribution in [3.8, 4) is 0 Å². The number of rotatable bonds is 6. The molecule has 0 aliphatic carbocycles. The minimum Gasteiger partial charge on any atom is -1.00 e. The first-order chi connectivity index (χ1) is 5.41. The van der Waals surface area contributed by atoms with Crippen LogP contribution in [0.5, 0.6) is 0 Å². The van der Waals surface area contributed by atoms with Crippen molar-refractivity contribution in [3.63, 3.8) is 0 Å². The van der Waals surface area contributed by atoms with Gasteiger partial charge in [0.05, 0.1) is 0 Å². The summed E-state index contributed by atoms with van der Waals surface area (Å²) in [5.74, 6) is 0. The van der Waals surface area contributed by atoms with Crippen molar-refractivity contribution in [3.05, 3.63) is 20.9 Å². The molecule has 6 nitrogen and oxygen atoms in total. The zero-order chi connectivity index (χ0) is 8.36. The van der Waals surface area contributed by atoms with Crippen LogP contribution in [-0.4, -0.2) is 13.1 Å². The molecule has 0 amide bonds. The molecule has 0 unspecified atom stereocenters. The van der Waals surface area contributed by atoms with Crippen molar-refractivity contribution < 1.29 is 31.0 Å². The van der Waals surface area contributed by atoms with Crippen molar-refractivity contribution >= 4 is 0 Å². The quantitative estimate of drug-likeness (QED) is 0.178. The molecule has 62 valence electrons. The van der Waals surface area contributed by atoms with Crippen LogP contribution >= 0.6 is 0 Å². The molecule has 0 atom stereocenters. The SMILES string of the molecule is [H-].[N-]=[N+]=NCCCCCN=[N+]=[N-].[Na+]. The summed E-state index contributed by atoms with van der Waals surface area (Å²) in [6.07, 6.45) is 2.67. The number of nitrogens with zero attached hydrogens (tertiary/aromatic N) is 6. The molecule has 0 rings (SSSR count). The molecule has 0 spiro atoms. The maximum atomic E-state index is 7.90. The van der Waals surface area contributed by atoms with Gasteiger partial charge in [0.1, 0.15) is 0 Å². The van der Waals surface area contributed by atoms with E-state index in [1.807, 2.05) is 0 Å². The molecule has 0 saturated heterocycles. The van der Waals surface area contributed by atoms with Crippen molar-refractivity contribution in [2.75, 3.05) is 13.1 Å². The van der Waals surface area contributed by atoms with Gasteiger partial charge in [0, 0.05) is 22.9 Å². The second-order valence-corrected chi connectivity index (χ2v) is 1.97. The van der Waals surface area contributed by atoms with Gasteiger partial charge in [0.2, 0.25) is 0 Å². The van der Waals surface area contributed by atoms with E-state index in [4.69, 9.17) is 11.1 Å². The van der Waals surface area contributed by atoms with E-state index in [1.165, 1.54) is 0 Å². The molecule has 0 radical (unpaired) electrons. The zero-order valence-corrected chi connectivity index (χ0v) is 9.22. The van der Waals surface area contributed by atoms with Gasteiger partial charge >= 0.3 is 29.6 Å². The van der Waals surface area contributed by atoms with Gasteiger partial charge in [-0.3, -0.25) is 0 Å². The first-order valence-electron chi connectivity index (χ1n) is 3.43. The Kier molecular flexibility index (Phi) is 15.6. The van der Waals surface area contributed by atoms with Gasteiger partial charge in [-0.25, -0.2) is 0 Å². The molecule has 0 fully saturated rings. The van der Waals surface area contributed by atoms with Crippen molar-refractivity contribution in [1.82, 2.24) is 0 Å². The fourth-order valence-corrected chi connectivity index (χ4v) is 0.631. The number of unbranched alkanes of at least 4 members (excludes halogenated alkanes) is 2. The maximum Gasteiger partial charge on any atom is 1.00 e. The van der Waals surface area contributed by atoms with Crippen LogP contribution < -0.4 is 29.6 Å². The first kappa shape index (κ1) is 14.2. The Morgan fingerprint density at radius 1 is 0.917 bits per heavy atom. The van der Waals surface area contributed by atoms with Gasteiger partial charge in [-0.1, -0.05) is 16.6 Å². The van der Waals surface area contributed by atoms with Crippen LogP contribution in [0, 0.1) is 0 Å². The fraction of sp³-hybridized carbons (Fsp3) is 1.00. The molecule has 0 aromatic carbocycles. The largest absolute Gasteiger partial charge is 1.00 e. The Balaban J connectivity index is -0.000000500. The summed E-state index contributed by atoms with van der Waals surface area (Å²) in [6.45, 7) is 1.07. The number of hydrogen-bond acceptors (Lipinski definition) is 2. The minimum atomic E-state index is 0. The van der Waals surface area contributed by atoms with Gasteiger partial charge in [0.15, 0.2) is 0 Å². The Morgan fingerprint density at radius 2 is 1.33 bits per heavy atom. The van der Waals surface area contributed by atoms with Gasteiger partial charge in [-0.2, -0.15) is 0 Å². The molecular formula is C5H11N6Na. The molecule has 0 bridgehead atoms. The molecule has 7 heteroatoms. The molecule has 0 aromatic heterocycles. The van der Waals surface area contributed by atoms with Crippen LogP contribution in [0.25, 0.3) is 20.9 Å². The third kappa shape index (κ3) is 12.3. The first-order valence-corrected chi connectivity index (χ1v) is 3.43. The van der Waals surface area contributed by atoms with Crippen LogP contribution in [0.3, 0.4) is 0 Å². The van der Waals surface area contributed by atoms with E-state index < -0.39 is 0 Å². The molecule has 12 heavy (non-hydrogen) atoms. The van der Waals surface area contributed by atoms with E-state index in [-0.39, 0.29) is 31.0 Å². The summed E-state index contributed by atoms with van der Waals surface area (Å²) in [6, 6.07) is 0. The van der Waals surface area contributed by atoms with Crippen LogP contribution in [0.2, 0.25) is 0 Å². The van der Waals surface area contributed by atoms with E-state index in [1.54, 1.807) is 0 Å². The Labute approximate surface area is 94.4 Å². The zero-order valence-electron chi connectivity index (χ0n) is 8.22. The Hall–Kier alpha value is -0.380. The van der Waals surface area contributed by atoms with Crippen LogP contribution in [0.15, 0.2) is 10.2 Å². The molecule has 0 aromatic rings. The van der Waals surface area contributed by atoms with Crippen molar-refractivity contribution in [1.29, 1.82) is 0 Å². The van der Waals surface area contributed by atoms with E-state index in [0.29, 0.717) is 13.1 Å². The van der Waals surface area contributed by atoms with E-state index in [0.717, 1.165) is 19.3 Å². The number of hydrogen-bond donors (Lipinski definition) is 0. The van der Waals surface area contributed by atoms with Gasteiger partial charge in [0.25, 0.3) is 0 Å². The second-order valence-electron chi connectivity index (χ2n) is 1.97. The summed E-state index contributed by atoms with van der Waals surface area (Å²) in [4.78, 5) is 5.23. The summed E-state index contributed by atoms with van der Waals surface area (Å²) in [5, 5.41) is 6.73.